The molecule has 80 valence electrons. The number of ether oxygens (including phenoxy) is 1. The summed E-state index contributed by atoms with van der Waals surface area (Å²) in [5.41, 5.74) is 0. The van der Waals surface area contributed by atoms with Crippen LogP contribution >= 0.6 is 11.8 Å². The predicted octanol–water partition coefficient (Wildman–Crippen LogP) is 0.512. The van der Waals surface area contributed by atoms with Gasteiger partial charge in [0, 0.05) is 23.6 Å². The second kappa shape index (κ2) is 4.68. The summed E-state index contributed by atoms with van der Waals surface area (Å²) in [6.45, 7) is 4.65. The summed E-state index contributed by atoms with van der Waals surface area (Å²) in [5, 5.41) is 0.373. The summed E-state index contributed by atoms with van der Waals surface area (Å²) in [4.78, 5) is 24.2. The van der Waals surface area contributed by atoms with Crippen LogP contribution in [0.5, 0.6) is 0 Å². The highest BCUT2D eigenvalue weighted by Crippen LogP contribution is 2.24. The van der Waals surface area contributed by atoms with Crippen molar-refractivity contribution in [2.45, 2.75) is 25.1 Å². The molecule has 1 aliphatic heterocycles. The van der Waals surface area contributed by atoms with Crippen molar-refractivity contribution < 1.29 is 14.3 Å². The standard InChI is InChI=1S/C9H15NO3S/c1-6-7(2)14-5-4-10(6)8(11)9(12)13-3/h6-7H,4-5H2,1-3H3. The van der Waals surface area contributed by atoms with Gasteiger partial charge in [0.25, 0.3) is 0 Å². The highest BCUT2D eigenvalue weighted by molar-refractivity contribution is 8.00. The first-order chi connectivity index (χ1) is 6.57. The smallest absolute Gasteiger partial charge is 0.396 e. The molecule has 4 nitrogen and oxygen atoms in total. The van der Waals surface area contributed by atoms with E-state index in [1.165, 1.54) is 7.11 Å². The number of hydrogen-bond acceptors (Lipinski definition) is 4. The Bertz CT molecular complexity index is 244. The van der Waals surface area contributed by atoms with Crippen LogP contribution in [0.15, 0.2) is 0 Å². The van der Waals surface area contributed by atoms with Crippen LogP contribution in [0.3, 0.4) is 0 Å². The number of hydrogen-bond donors (Lipinski definition) is 0. The lowest BCUT2D eigenvalue weighted by Crippen LogP contribution is -2.50. The lowest BCUT2D eigenvalue weighted by Gasteiger charge is -2.36. The summed E-state index contributed by atoms with van der Waals surface area (Å²) in [6, 6.07) is 0.0975. The number of carbonyl (C=O) groups excluding carboxylic acids is 2. The topological polar surface area (TPSA) is 46.6 Å². The van der Waals surface area contributed by atoms with E-state index in [1.807, 2.05) is 18.7 Å². The van der Waals surface area contributed by atoms with E-state index in [0.717, 1.165) is 5.75 Å². The fraction of sp³-hybridized carbons (Fsp3) is 0.778. The molecule has 5 heteroatoms. The number of rotatable bonds is 0. The van der Waals surface area contributed by atoms with Gasteiger partial charge in [0.15, 0.2) is 0 Å². The van der Waals surface area contributed by atoms with Crippen LogP contribution in [-0.2, 0) is 14.3 Å². The molecule has 1 fully saturated rings. The maximum Gasteiger partial charge on any atom is 0.396 e. The van der Waals surface area contributed by atoms with Crippen LogP contribution in [-0.4, -0.2) is 47.5 Å². The van der Waals surface area contributed by atoms with Gasteiger partial charge in [-0.05, 0) is 6.92 Å². The van der Waals surface area contributed by atoms with E-state index in [0.29, 0.717) is 11.8 Å². The second-order valence-electron chi connectivity index (χ2n) is 3.31. The minimum Gasteiger partial charge on any atom is -0.462 e. The Morgan fingerprint density at radius 1 is 1.43 bits per heavy atom. The number of esters is 1. The predicted molar refractivity (Wildman–Crippen MR) is 55.1 cm³/mol. The quantitative estimate of drug-likeness (QED) is 0.438. The highest BCUT2D eigenvalue weighted by atomic mass is 32.2. The van der Waals surface area contributed by atoms with Crippen molar-refractivity contribution in [3.05, 3.63) is 0 Å². The Kier molecular flexibility index (Phi) is 3.80. The van der Waals surface area contributed by atoms with Gasteiger partial charge in [0.2, 0.25) is 0 Å². The lowest BCUT2D eigenvalue weighted by molar-refractivity contribution is -0.159. The summed E-state index contributed by atoms with van der Waals surface area (Å²) in [5.74, 6) is -0.406. The van der Waals surface area contributed by atoms with E-state index in [-0.39, 0.29) is 6.04 Å². The average Bonchev–Trinajstić information content (AvgIpc) is 2.20. The van der Waals surface area contributed by atoms with Crippen molar-refractivity contribution >= 4 is 23.6 Å². The van der Waals surface area contributed by atoms with Gasteiger partial charge in [0.05, 0.1) is 7.11 Å². The minimum atomic E-state index is -0.768. The summed E-state index contributed by atoms with van der Waals surface area (Å²) in [7, 11) is 1.23. The van der Waals surface area contributed by atoms with Crippen LogP contribution in [0.1, 0.15) is 13.8 Å². The van der Waals surface area contributed by atoms with Gasteiger partial charge in [-0.15, -0.1) is 0 Å². The molecule has 14 heavy (non-hydrogen) atoms. The molecule has 0 N–H and O–H groups in total. The van der Waals surface area contributed by atoms with Crippen molar-refractivity contribution in [2.75, 3.05) is 19.4 Å². The van der Waals surface area contributed by atoms with Crippen molar-refractivity contribution in [1.29, 1.82) is 0 Å². The van der Waals surface area contributed by atoms with Crippen molar-refractivity contribution in [2.24, 2.45) is 0 Å². The molecule has 2 atom stereocenters. The van der Waals surface area contributed by atoms with Gasteiger partial charge in [-0.2, -0.15) is 11.8 Å². The van der Waals surface area contributed by atoms with Crippen LogP contribution in [0.4, 0.5) is 0 Å². The molecule has 1 aliphatic rings. The van der Waals surface area contributed by atoms with Gasteiger partial charge >= 0.3 is 11.9 Å². The van der Waals surface area contributed by atoms with E-state index in [4.69, 9.17) is 0 Å². The molecule has 0 radical (unpaired) electrons. The Labute approximate surface area is 88.0 Å². The first-order valence-corrected chi connectivity index (χ1v) is 5.63. The Morgan fingerprint density at radius 2 is 2.07 bits per heavy atom. The van der Waals surface area contributed by atoms with Crippen molar-refractivity contribution in [3.63, 3.8) is 0 Å². The first kappa shape index (κ1) is 11.4. The van der Waals surface area contributed by atoms with Crippen LogP contribution in [0.25, 0.3) is 0 Å². The first-order valence-electron chi connectivity index (χ1n) is 4.58. The number of methoxy groups -OCH3 is 1. The zero-order valence-electron chi connectivity index (χ0n) is 8.65. The van der Waals surface area contributed by atoms with Crippen molar-refractivity contribution in [3.8, 4) is 0 Å². The lowest BCUT2D eigenvalue weighted by atomic mass is 10.2. The summed E-state index contributed by atoms with van der Waals surface area (Å²) >= 11 is 1.82. The summed E-state index contributed by atoms with van der Waals surface area (Å²) in [6.07, 6.45) is 0. The molecular weight excluding hydrogens is 202 g/mol. The summed E-state index contributed by atoms with van der Waals surface area (Å²) < 4.78 is 4.41. The molecule has 2 unspecified atom stereocenters. The maximum absolute atomic E-state index is 11.5. The number of carbonyl (C=O) groups is 2. The molecule has 1 rings (SSSR count). The Balaban J connectivity index is 2.66. The molecule has 0 aromatic carbocycles. The fourth-order valence-corrected chi connectivity index (χ4v) is 2.52. The molecule has 0 aromatic rings. The van der Waals surface area contributed by atoms with Gasteiger partial charge < -0.3 is 9.64 Å². The van der Waals surface area contributed by atoms with Crippen molar-refractivity contribution in [1.82, 2.24) is 4.90 Å². The third-order valence-corrected chi connectivity index (χ3v) is 3.84. The Morgan fingerprint density at radius 3 is 2.64 bits per heavy atom. The molecule has 1 heterocycles. The highest BCUT2D eigenvalue weighted by Gasteiger charge is 2.32. The maximum atomic E-state index is 11.5. The number of amides is 1. The van der Waals surface area contributed by atoms with E-state index in [1.54, 1.807) is 4.90 Å². The zero-order valence-corrected chi connectivity index (χ0v) is 9.47. The van der Waals surface area contributed by atoms with Crippen LogP contribution < -0.4 is 0 Å². The molecule has 1 amide bonds. The number of nitrogens with zero attached hydrogens (tertiary/aromatic N) is 1. The monoisotopic (exact) mass is 217 g/mol. The van der Waals surface area contributed by atoms with E-state index in [9.17, 15) is 9.59 Å². The molecule has 0 spiro atoms. The largest absolute Gasteiger partial charge is 0.462 e. The Hall–Kier alpha value is -0.710. The second-order valence-corrected chi connectivity index (χ2v) is 4.79. The van der Waals surface area contributed by atoms with Gasteiger partial charge in [-0.25, -0.2) is 4.79 Å². The zero-order chi connectivity index (χ0) is 10.7. The van der Waals surface area contributed by atoms with E-state index in [2.05, 4.69) is 11.7 Å². The third-order valence-electron chi connectivity index (χ3n) is 2.50. The normalized spacial score (nSPS) is 27.2. The molecule has 0 aromatic heterocycles. The van der Waals surface area contributed by atoms with E-state index >= 15 is 0 Å². The SMILES string of the molecule is COC(=O)C(=O)N1CCSC(C)C1C. The van der Waals surface area contributed by atoms with Crippen LogP contribution in [0.2, 0.25) is 0 Å². The third kappa shape index (κ3) is 2.20. The molecule has 0 bridgehead atoms. The van der Waals surface area contributed by atoms with Crippen LogP contribution in [0, 0.1) is 0 Å². The van der Waals surface area contributed by atoms with Gasteiger partial charge in [-0.3, -0.25) is 4.79 Å². The number of thioether (sulfide) groups is 1. The fourth-order valence-electron chi connectivity index (χ4n) is 1.42. The minimum absolute atomic E-state index is 0.0975. The molecular formula is C9H15NO3S. The van der Waals surface area contributed by atoms with Gasteiger partial charge in [-0.1, -0.05) is 6.92 Å². The van der Waals surface area contributed by atoms with Gasteiger partial charge in [0.1, 0.15) is 0 Å². The molecule has 1 saturated heterocycles. The molecule has 0 saturated carbocycles. The van der Waals surface area contributed by atoms with E-state index < -0.39 is 11.9 Å². The molecule has 0 aliphatic carbocycles. The average molecular weight is 217 g/mol.